The molecule has 0 saturated carbocycles. The second-order valence-electron chi connectivity index (χ2n) is 2.70. The summed E-state index contributed by atoms with van der Waals surface area (Å²) < 4.78 is 6.31. The molecular weight excluding hydrogens is 227 g/mol. The van der Waals surface area contributed by atoms with Crippen molar-refractivity contribution in [3.05, 3.63) is 42.7 Å². The Kier molecular flexibility index (Phi) is 4.66. The minimum atomic E-state index is 0.510. The van der Waals surface area contributed by atoms with Crippen molar-refractivity contribution in [2.45, 2.75) is 11.7 Å². The molecule has 0 spiro atoms. The quantitative estimate of drug-likeness (QED) is 0.578. The molecule has 0 amide bonds. The van der Waals surface area contributed by atoms with Crippen LogP contribution in [0.3, 0.4) is 0 Å². The van der Waals surface area contributed by atoms with Crippen LogP contribution in [0.1, 0.15) is 6.92 Å². The van der Waals surface area contributed by atoms with Crippen molar-refractivity contribution in [3.63, 3.8) is 0 Å². The summed E-state index contributed by atoms with van der Waals surface area (Å²) in [6.45, 7) is 2.21. The van der Waals surface area contributed by atoms with Crippen molar-refractivity contribution in [2.75, 3.05) is 7.11 Å². The zero-order valence-electron chi connectivity index (χ0n) is 7.94. The maximum atomic E-state index is 4.88. The number of hydrogen-bond acceptors (Lipinski definition) is 1. The average Bonchev–Trinajstić information content (AvgIpc) is 2.16. The van der Waals surface area contributed by atoms with Crippen LogP contribution in [0.25, 0.3) is 0 Å². The number of ether oxygens (including phenoxy) is 1. The molecule has 0 aliphatic carbocycles. The maximum absolute atomic E-state index is 4.88. The van der Waals surface area contributed by atoms with Gasteiger partial charge in [0.05, 0.1) is 0 Å². The molecule has 0 aliphatic rings. The van der Waals surface area contributed by atoms with E-state index < -0.39 is 0 Å². The van der Waals surface area contributed by atoms with E-state index in [1.54, 1.807) is 13.4 Å². The average molecular weight is 241 g/mol. The zero-order chi connectivity index (χ0) is 9.52. The summed E-state index contributed by atoms with van der Waals surface area (Å²) in [5, 5.41) is 0. The summed E-state index contributed by atoms with van der Waals surface area (Å²) >= 11 is 0.510. The van der Waals surface area contributed by atoms with Gasteiger partial charge in [0.25, 0.3) is 0 Å². The molecular formula is C11H14OSe. The molecule has 0 saturated heterocycles. The molecule has 0 N–H and O–H groups in total. The normalized spacial score (nSPS) is 13.1. The first kappa shape index (κ1) is 10.4. The van der Waals surface area contributed by atoms with Gasteiger partial charge in [-0.1, -0.05) is 0 Å². The number of benzene rings is 1. The van der Waals surface area contributed by atoms with Gasteiger partial charge in [-0.25, -0.2) is 0 Å². The fourth-order valence-corrected chi connectivity index (χ4v) is 2.80. The number of allylic oxidation sites excluding steroid dienone is 1. The monoisotopic (exact) mass is 242 g/mol. The third kappa shape index (κ3) is 4.16. The Balaban J connectivity index is 2.45. The van der Waals surface area contributed by atoms with Crippen molar-refractivity contribution in [3.8, 4) is 0 Å². The molecule has 2 heteroatoms. The molecule has 70 valence electrons. The van der Waals surface area contributed by atoms with Crippen molar-refractivity contribution >= 4 is 19.4 Å². The first-order chi connectivity index (χ1) is 6.33. The summed E-state index contributed by atoms with van der Waals surface area (Å²) in [5.74, 6) is 0. The molecule has 1 rings (SSSR count). The van der Waals surface area contributed by atoms with Crippen LogP contribution in [0.15, 0.2) is 42.7 Å². The van der Waals surface area contributed by atoms with Gasteiger partial charge in [0.2, 0.25) is 0 Å². The third-order valence-electron chi connectivity index (χ3n) is 1.55. The van der Waals surface area contributed by atoms with Crippen LogP contribution >= 0.6 is 0 Å². The zero-order valence-corrected chi connectivity index (χ0v) is 9.65. The molecule has 1 atom stereocenters. The van der Waals surface area contributed by atoms with Gasteiger partial charge in [-0.3, -0.25) is 0 Å². The van der Waals surface area contributed by atoms with E-state index >= 15 is 0 Å². The number of rotatable bonds is 4. The van der Waals surface area contributed by atoms with E-state index in [-0.39, 0.29) is 0 Å². The fourth-order valence-electron chi connectivity index (χ4n) is 0.942. The molecule has 1 aromatic rings. The van der Waals surface area contributed by atoms with Crippen LogP contribution in [0, 0.1) is 0 Å². The molecule has 13 heavy (non-hydrogen) atoms. The molecule has 0 aromatic heterocycles. The van der Waals surface area contributed by atoms with Crippen LogP contribution < -0.4 is 4.46 Å². The van der Waals surface area contributed by atoms with E-state index in [9.17, 15) is 0 Å². The van der Waals surface area contributed by atoms with E-state index in [4.69, 9.17) is 4.74 Å². The van der Waals surface area contributed by atoms with Crippen molar-refractivity contribution in [1.29, 1.82) is 0 Å². The molecule has 0 heterocycles. The molecule has 0 aliphatic heterocycles. The van der Waals surface area contributed by atoms with Crippen molar-refractivity contribution in [1.82, 2.24) is 0 Å². The van der Waals surface area contributed by atoms with Gasteiger partial charge >= 0.3 is 85.7 Å². The van der Waals surface area contributed by atoms with E-state index in [1.165, 1.54) is 4.46 Å². The molecule has 0 bridgehead atoms. The Morgan fingerprint density at radius 3 is 2.62 bits per heavy atom. The second-order valence-corrected chi connectivity index (χ2v) is 5.74. The second kappa shape index (κ2) is 5.85. The van der Waals surface area contributed by atoms with E-state index in [0.29, 0.717) is 19.8 Å². The van der Waals surface area contributed by atoms with Gasteiger partial charge in [0.1, 0.15) is 0 Å². The predicted octanol–water partition coefficient (Wildman–Crippen LogP) is 1.98. The van der Waals surface area contributed by atoms with Crippen LogP contribution in [-0.2, 0) is 4.74 Å². The van der Waals surface area contributed by atoms with Crippen LogP contribution in [0.4, 0.5) is 0 Å². The van der Waals surface area contributed by atoms with Gasteiger partial charge in [-0.15, -0.1) is 0 Å². The standard InChI is InChI=1S/C11H14OSe/c1-10(8-9-12-2)13-11-6-4-3-5-7-11/h3-10H,1-2H3/b9-8+. The Labute approximate surface area is 86.0 Å². The summed E-state index contributed by atoms with van der Waals surface area (Å²) in [7, 11) is 1.68. The Bertz CT molecular complexity index is 256. The third-order valence-corrected chi connectivity index (χ3v) is 3.80. The van der Waals surface area contributed by atoms with Crippen LogP contribution in [0.2, 0.25) is 4.82 Å². The van der Waals surface area contributed by atoms with Gasteiger partial charge in [0, 0.05) is 0 Å². The Hall–Kier alpha value is -0.721. The van der Waals surface area contributed by atoms with E-state index in [2.05, 4.69) is 43.3 Å². The Morgan fingerprint density at radius 2 is 2.00 bits per heavy atom. The molecule has 1 nitrogen and oxygen atoms in total. The van der Waals surface area contributed by atoms with Crippen molar-refractivity contribution < 1.29 is 4.74 Å². The van der Waals surface area contributed by atoms with Crippen LogP contribution in [-0.4, -0.2) is 22.1 Å². The summed E-state index contributed by atoms with van der Waals surface area (Å²) in [5.41, 5.74) is 0. The van der Waals surface area contributed by atoms with Crippen molar-refractivity contribution in [2.24, 2.45) is 0 Å². The fraction of sp³-hybridized carbons (Fsp3) is 0.273. The van der Waals surface area contributed by atoms with Gasteiger partial charge in [-0.2, -0.15) is 0 Å². The number of hydrogen-bond donors (Lipinski definition) is 0. The summed E-state index contributed by atoms with van der Waals surface area (Å²) in [4.78, 5) is 0.592. The summed E-state index contributed by atoms with van der Waals surface area (Å²) in [6.07, 6.45) is 3.86. The minimum absolute atomic E-state index is 0.510. The van der Waals surface area contributed by atoms with E-state index in [1.807, 2.05) is 0 Å². The topological polar surface area (TPSA) is 9.23 Å². The predicted molar refractivity (Wildman–Crippen MR) is 57.4 cm³/mol. The first-order valence-corrected chi connectivity index (χ1v) is 6.08. The SMILES string of the molecule is CO/C=C/C(C)[Se]c1ccccc1. The molecule has 0 radical (unpaired) electrons. The first-order valence-electron chi connectivity index (χ1n) is 4.24. The molecule has 1 aromatic carbocycles. The Morgan fingerprint density at radius 1 is 1.31 bits per heavy atom. The molecule has 1 unspecified atom stereocenters. The van der Waals surface area contributed by atoms with Gasteiger partial charge < -0.3 is 0 Å². The molecule has 0 fully saturated rings. The van der Waals surface area contributed by atoms with Gasteiger partial charge in [-0.05, 0) is 0 Å². The van der Waals surface area contributed by atoms with Crippen LogP contribution in [0.5, 0.6) is 0 Å². The van der Waals surface area contributed by atoms with Gasteiger partial charge in [0.15, 0.2) is 0 Å². The number of methoxy groups -OCH3 is 1. The van der Waals surface area contributed by atoms with E-state index in [0.717, 1.165) is 0 Å². The summed E-state index contributed by atoms with van der Waals surface area (Å²) in [6, 6.07) is 10.6.